The number of amidine groups is 1. The molecule has 0 fully saturated rings. The van der Waals surface area contributed by atoms with Crippen LogP contribution in [0.15, 0.2) is 59.6 Å². The zero-order chi connectivity index (χ0) is 21.2. The van der Waals surface area contributed by atoms with Crippen LogP contribution in [0, 0.1) is 0 Å². The molecular weight excluding hydrogens is 407 g/mol. The molecule has 0 spiro atoms. The highest BCUT2D eigenvalue weighted by atomic mass is 35.5. The summed E-state index contributed by atoms with van der Waals surface area (Å²) in [6, 6.07) is 14.3. The van der Waals surface area contributed by atoms with Crippen molar-refractivity contribution in [2.45, 2.75) is 25.2 Å². The smallest absolute Gasteiger partial charge is 0.312 e. The fourth-order valence-corrected chi connectivity index (χ4v) is 3.14. The largest absolute Gasteiger partial charge is 0.442 e. The predicted octanol–water partition coefficient (Wildman–Crippen LogP) is 3.83. The summed E-state index contributed by atoms with van der Waals surface area (Å²) in [5, 5.41) is 2.11. The second-order valence-corrected chi connectivity index (χ2v) is 6.96. The van der Waals surface area contributed by atoms with Crippen LogP contribution in [0.2, 0.25) is 5.02 Å². The summed E-state index contributed by atoms with van der Waals surface area (Å²) in [7, 11) is 0. The quantitative estimate of drug-likeness (QED) is 0.794. The molecule has 1 unspecified atom stereocenters. The molecule has 9 heteroatoms. The molecule has 0 saturated heterocycles. The summed E-state index contributed by atoms with van der Waals surface area (Å²) in [6.45, 7) is 1.32. The average molecular weight is 424 g/mol. The van der Waals surface area contributed by atoms with Gasteiger partial charge in [0.05, 0.1) is 0 Å². The Morgan fingerprint density at radius 1 is 1.14 bits per heavy atom. The van der Waals surface area contributed by atoms with Crippen molar-refractivity contribution in [2.75, 3.05) is 6.54 Å². The van der Waals surface area contributed by atoms with Crippen molar-refractivity contribution >= 4 is 29.3 Å². The molecule has 29 heavy (non-hydrogen) atoms. The average Bonchev–Trinajstić information content (AvgIpc) is 2.92. The lowest BCUT2D eigenvalue weighted by Gasteiger charge is -2.29. The third-order valence-corrected chi connectivity index (χ3v) is 4.80. The highest BCUT2D eigenvalue weighted by Crippen LogP contribution is 2.37. The number of nitrogens with zero attached hydrogens (tertiary/aromatic N) is 2. The van der Waals surface area contributed by atoms with Gasteiger partial charge in [0.25, 0.3) is 11.8 Å². The minimum absolute atomic E-state index is 0.00677. The third kappa shape index (κ3) is 4.12. The maximum Gasteiger partial charge on any atom is 0.442 e. The molecule has 2 aromatic carbocycles. The molecule has 0 aliphatic carbocycles. The maximum atomic E-state index is 13.9. The first-order valence-corrected chi connectivity index (χ1v) is 9.09. The maximum absolute atomic E-state index is 13.9. The van der Waals surface area contributed by atoms with E-state index in [2.05, 4.69) is 4.99 Å². The standard InChI is InChI=1S/C20H17ClF3N3O2/c1-13-25-19(20(22,23)24,26-17(28)15-7-9-16(21)10-8-15)18(29)27(13)12-11-14-5-3-2-4-6-14/h2-10H,11-12H2,1H3,(H,26,28). The number of carbonyl (C=O) groups is 2. The van der Waals surface area contributed by atoms with Gasteiger partial charge in [-0.15, -0.1) is 0 Å². The third-order valence-electron chi connectivity index (χ3n) is 4.55. The molecule has 5 nitrogen and oxygen atoms in total. The van der Waals surface area contributed by atoms with Crippen LogP contribution in [0.1, 0.15) is 22.8 Å². The van der Waals surface area contributed by atoms with E-state index in [9.17, 15) is 22.8 Å². The van der Waals surface area contributed by atoms with Crippen LogP contribution < -0.4 is 5.32 Å². The Bertz CT molecular complexity index is 946. The van der Waals surface area contributed by atoms with Crippen molar-refractivity contribution in [3.8, 4) is 0 Å². The lowest BCUT2D eigenvalue weighted by molar-refractivity contribution is -0.196. The van der Waals surface area contributed by atoms with Gasteiger partial charge >= 0.3 is 11.8 Å². The number of aliphatic imine (C=N–C) groups is 1. The van der Waals surface area contributed by atoms with E-state index in [1.165, 1.54) is 31.2 Å². The summed E-state index contributed by atoms with van der Waals surface area (Å²) < 4.78 is 41.8. The molecule has 0 saturated carbocycles. The molecule has 1 aliphatic rings. The number of amides is 2. The molecule has 1 N–H and O–H groups in total. The molecule has 1 heterocycles. The molecule has 152 valence electrons. The Kier molecular flexibility index (Phi) is 5.66. The number of nitrogens with one attached hydrogen (secondary N) is 1. The second-order valence-electron chi connectivity index (χ2n) is 6.52. The summed E-state index contributed by atoms with van der Waals surface area (Å²) in [5.41, 5.74) is -2.56. The summed E-state index contributed by atoms with van der Waals surface area (Å²) in [5.74, 6) is -2.52. The SMILES string of the molecule is CC1=NC(NC(=O)c2ccc(Cl)cc2)(C(F)(F)F)C(=O)N1CCc1ccccc1. The molecule has 2 aromatic rings. The number of rotatable bonds is 5. The number of hydrogen-bond acceptors (Lipinski definition) is 3. The van der Waals surface area contributed by atoms with Gasteiger partial charge in [-0.25, -0.2) is 4.99 Å². The normalized spacial score (nSPS) is 19.3. The molecule has 0 bridgehead atoms. The Labute approximate surface area is 170 Å². The van der Waals surface area contributed by atoms with Gasteiger partial charge in [-0.2, -0.15) is 13.2 Å². The molecule has 2 amide bonds. The van der Waals surface area contributed by atoms with Crippen LogP contribution in [-0.2, 0) is 11.2 Å². The van der Waals surface area contributed by atoms with Crippen molar-refractivity contribution in [2.24, 2.45) is 4.99 Å². The van der Waals surface area contributed by atoms with E-state index < -0.39 is 23.7 Å². The van der Waals surface area contributed by atoms with Gasteiger partial charge in [-0.3, -0.25) is 14.5 Å². The van der Waals surface area contributed by atoms with E-state index in [1.807, 2.05) is 18.2 Å². The molecule has 0 aromatic heterocycles. The van der Waals surface area contributed by atoms with E-state index in [4.69, 9.17) is 11.6 Å². The Morgan fingerprint density at radius 2 is 1.76 bits per heavy atom. The summed E-state index contributed by atoms with van der Waals surface area (Å²) in [4.78, 5) is 29.7. The summed E-state index contributed by atoms with van der Waals surface area (Å²) >= 11 is 5.74. The van der Waals surface area contributed by atoms with Gasteiger partial charge in [0.1, 0.15) is 5.84 Å². The van der Waals surface area contributed by atoms with E-state index in [0.29, 0.717) is 11.4 Å². The van der Waals surface area contributed by atoms with E-state index in [0.717, 1.165) is 10.5 Å². The monoisotopic (exact) mass is 423 g/mol. The van der Waals surface area contributed by atoms with E-state index in [1.54, 1.807) is 17.4 Å². The van der Waals surface area contributed by atoms with Crippen molar-refractivity contribution < 1.29 is 22.8 Å². The van der Waals surface area contributed by atoms with Gasteiger partial charge in [0.2, 0.25) is 0 Å². The van der Waals surface area contributed by atoms with Crippen molar-refractivity contribution in [1.82, 2.24) is 10.2 Å². The predicted molar refractivity (Wildman–Crippen MR) is 103 cm³/mol. The number of alkyl halides is 3. The van der Waals surface area contributed by atoms with Crippen molar-refractivity contribution in [3.05, 3.63) is 70.7 Å². The van der Waals surface area contributed by atoms with Crippen LogP contribution in [-0.4, -0.2) is 40.9 Å². The number of halogens is 4. The Morgan fingerprint density at radius 3 is 2.34 bits per heavy atom. The van der Waals surface area contributed by atoms with Crippen LogP contribution >= 0.6 is 11.6 Å². The topological polar surface area (TPSA) is 61.8 Å². The van der Waals surface area contributed by atoms with E-state index >= 15 is 0 Å². The minimum Gasteiger partial charge on any atom is -0.312 e. The van der Waals surface area contributed by atoms with Crippen molar-refractivity contribution in [1.29, 1.82) is 0 Å². The first-order valence-electron chi connectivity index (χ1n) is 8.71. The van der Waals surface area contributed by atoms with Crippen LogP contribution in [0.25, 0.3) is 0 Å². The number of benzene rings is 2. The number of carbonyl (C=O) groups excluding carboxylic acids is 2. The fourth-order valence-electron chi connectivity index (χ4n) is 3.02. The molecular formula is C20H17ClF3N3O2. The Balaban J connectivity index is 1.85. The van der Waals surface area contributed by atoms with Gasteiger partial charge in [0, 0.05) is 17.1 Å². The molecule has 1 atom stereocenters. The first-order chi connectivity index (χ1) is 13.6. The minimum atomic E-state index is -5.12. The summed E-state index contributed by atoms with van der Waals surface area (Å²) in [6.07, 6.45) is -4.77. The highest BCUT2D eigenvalue weighted by molar-refractivity contribution is 6.30. The van der Waals surface area contributed by atoms with Gasteiger partial charge < -0.3 is 5.32 Å². The lowest BCUT2D eigenvalue weighted by Crippen LogP contribution is -2.63. The van der Waals surface area contributed by atoms with Gasteiger partial charge in [0.15, 0.2) is 0 Å². The molecule has 0 radical (unpaired) electrons. The number of hydrogen-bond donors (Lipinski definition) is 1. The van der Waals surface area contributed by atoms with Crippen LogP contribution in [0.3, 0.4) is 0 Å². The zero-order valence-corrected chi connectivity index (χ0v) is 16.1. The van der Waals surface area contributed by atoms with Gasteiger partial charge in [-0.1, -0.05) is 41.9 Å². The van der Waals surface area contributed by atoms with Crippen LogP contribution in [0.4, 0.5) is 13.2 Å². The fraction of sp³-hybridized carbons (Fsp3) is 0.250. The second kappa shape index (κ2) is 7.87. The zero-order valence-electron chi connectivity index (χ0n) is 15.3. The van der Waals surface area contributed by atoms with Gasteiger partial charge in [-0.05, 0) is 43.2 Å². The highest BCUT2D eigenvalue weighted by Gasteiger charge is 2.66. The molecule has 1 aliphatic heterocycles. The van der Waals surface area contributed by atoms with E-state index in [-0.39, 0.29) is 17.9 Å². The van der Waals surface area contributed by atoms with Crippen LogP contribution in [0.5, 0.6) is 0 Å². The van der Waals surface area contributed by atoms with Crippen molar-refractivity contribution in [3.63, 3.8) is 0 Å². The molecule has 3 rings (SSSR count). The first kappa shape index (κ1) is 20.9. The Hall–Kier alpha value is -2.87. The lowest BCUT2D eigenvalue weighted by atomic mass is 10.1.